The van der Waals surface area contributed by atoms with Crippen LogP contribution in [0.4, 0.5) is 11.5 Å². The van der Waals surface area contributed by atoms with E-state index in [0.29, 0.717) is 6.42 Å². The lowest BCUT2D eigenvalue weighted by molar-refractivity contribution is -0.116. The summed E-state index contributed by atoms with van der Waals surface area (Å²) in [6.07, 6.45) is 5.90. The van der Waals surface area contributed by atoms with Crippen LogP contribution in [0.15, 0.2) is 79.0 Å². The van der Waals surface area contributed by atoms with Crippen molar-refractivity contribution in [3.05, 3.63) is 90.1 Å². The summed E-state index contributed by atoms with van der Waals surface area (Å²) in [6.45, 7) is 2.13. The largest absolute Gasteiger partial charge is 0.357 e. The summed E-state index contributed by atoms with van der Waals surface area (Å²) in [4.78, 5) is 19.7. The molecule has 1 saturated heterocycles. The zero-order chi connectivity index (χ0) is 19.9. The highest BCUT2D eigenvalue weighted by Gasteiger charge is 2.18. The van der Waals surface area contributed by atoms with Gasteiger partial charge in [0.15, 0.2) is 0 Å². The number of rotatable bonds is 6. The van der Waals surface area contributed by atoms with Gasteiger partial charge in [-0.3, -0.25) is 4.79 Å². The van der Waals surface area contributed by atoms with E-state index in [1.165, 1.54) is 19.3 Å². The van der Waals surface area contributed by atoms with E-state index in [2.05, 4.69) is 39.5 Å². The molecule has 0 aliphatic carbocycles. The van der Waals surface area contributed by atoms with Crippen LogP contribution in [-0.4, -0.2) is 24.0 Å². The third-order valence-corrected chi connectivity index (χ3v) is 5.51. The summed E-state index contributed by atoms with van der Waals surface area (Å²) >= 11 is 0. The molecule has 0 unspecified atom stereocenters. The first-order valence-electron chi connectivity index (χ1n) is 10.4. The highest BCUT2D eigenvalue weighted by molar-refractivity contribution is 5.91. The number of nitrogens with zero attached hydrogens (tertiary/aromatic N) is 2. The first kappa shape index (κ1) is 19.2. The summed E-state index contributed by atoms with van der Waals surface area (Å²) in [6, 6.07) is 24.4. The van der Waals surface area contributed by atoms with Crippen molar-refractivity contribution in [1.82, 2.24) is 4.98 Å². The second-order valence-corrected chi connectivity index (χ2v) is 7.58. The minimum atomic E-state index is -0.00442. The average Bonchev–Trinajstić information content (AvgIpc) is 2.80. The van der Waals surface area contributed by atoms with E-state index < -0.39 is 0 Å². The van der Waals surface area contributed by atoms with E-state index in [1.807, 2.05) is 48.5 Å². The molecule has 4 heteroatoms. The van der Waals surface area contributed by atoms with Crippen LogP contribution in [0.3, 0.4) is 0 Å². The highest BCUT2D eigenvalue weighted by atomic mass is 16.1. The molecule has 2 heterocycles. The van der Waals surface area contributed by atoms with Crippen LogP contribution in [0.25, 0.3) is 0 Å². The normalized spacial score (nSPS) is 14.0. The topological polar surface area (TPSA) is 45.2 Å². The van der Waals surface area contributed by atoms with Crippen molar-refractivity contribution in [2.75, 3.05) is 23.3 Å². The van der Waals surface area contributed by atoms with Crippen molar-refractivity contribution in [2.45, 2.75) is 31.6 Å². The Bertz CT molecular complexity index is 864. The molecule has 148 valence electrons. The second-order valence-electron chi connectivity index (χ2n) is 7.58. The minimum Gasteiger partial charge on any atom is -0.357 e. The molecule has 4 nitrogen and oxygen atoms in total. The first-order valence-corrected chi connectivity index (χ1v) is 10.4. The van der Waals surface area contributed by atoms with Gasteiger partial charge in [-0.1, -0.05) is 60.7 Å². The Labute approximate surface area is 172 Å². The van der Waals surface area contributed by atoms with E-state index in [1.54, 1.807) is 6.20 Å². The van der Waals surface area contributed by atoms with Crippen LogP contribution in [-0.2, 0) is 4.79 Å². The van der Waals surface area contributed by atoms with E-state index in [9.17, 15) is 4.79 Å². The van der Waals surface area contributed by atoms with Gasteiger partial charge in [0.1, 0.15) is 5.82 Å². The maximum atomic E-state index is 12.8. The number of piperidine rings is 1. The van der Waals surface area contributed by atoms with Crippen molar-refractivity contribution < 1.29 is 4.79 Å². The summed E-state index contributed by atoms with van der Waals surface area (Å²) in [7, 11) is 0. The van der Waals surface area contributed by atoms with Crippen LogP contribution < -0.4 is 10.2 Å². The first-order chi connectivity index (χ1) is 14.3. The molecule has 1 fully saturated rings. The number of amides is 1. The molecule has 1 aliphatic heterocycles. The zero-order valence-electron chi connectivity index (χ0n) is 16.6. The molecule has 1 amide bonds. The Morgan fingerprint density at radius 1 is 0.862 bits per heavy atom. The molecule has 1 N–H and O–H groups in total. The predicted octanol–water partition coefficient (Wildman–Crippen LogP) is 5.23. The standard InChI is InChI=1S/C25H27N3O/c29-25(27-22-14-15-24(26-19-22)28-16-8-3-9-17-28)18-23(20-10-4-1-5-11-20)21-12-6-2-7-13-21/h1-2,4-7,10-15,19,23H,3,8-9,16-18H2,(H,27,29). The Hall–Kier alpha value is -3.14. The van der Waals surface area contributed by atoms with Crippen molar-refractivity contribution in [1.29, 1.82) is 0 Å². The van der Waals surface area contributed by atoms with E-state index in [0.717, 1.165) is 35.7 Å². The summed E-state index contributed by atoms with van der Waals surface area (Å²) in [5.41, 5.74) is 3.04. The molecule has 2 aromatic carbocycles. The molecule has 0 bridgehead atoms. The van der Waals surface area contributed by atoms with Crippen molar-refractivity contribution in [3.63, 3.8) is 0 Å². The fourth-order valence-electron chi connectivity index (χ4n) is 3.97. The molecule has 3 aromatic rings. The molecule has 0 radical (unpaired) electrons. The number of carbonyl (C=O) groups is 1. The maximum absolute atomic E-state index is 12.8. The smallest absolute Gasteiger partial charge is 0.225 e. The predicted molar refractivity (Wildman–Crippen MR) is 118 cm³/mol. The van der Waals surface area contributed by atoms with Gasteiger partial charge in [-0.05, 0) is 42.5 Å². The number of pyridine rings is 1. The lowest BCUT2D eigenvalue weighted by Crippen LogP contribution is -2.30. The number of anilines is 2. The molecule has 0 atom stereocenters. The second kappa shape index (κ2) is 9.37. The van der Waals surface area contributed by atoms with E-state index in [4.69, 9.17) is 0 Å². The SMILES string of the molecule is O=C(CC(c1ccccc1)c1ccccc1)Nc1ccc(N2CCCCC2)nc1. The van der Waals surface area contributed by atoms with E-state index >= 15 is 0 Å². The minimum absolute atomic E-state index is 0.00442. The van der Waals surface area contributed by atoms with Crippen molar-refractivity contribution in [3.8, 4) is 0 Å². The molecule has 4 rings (SSSR count). The van der Waals surface area contributed by atoms with Crippen LogP contribution in [0.1, 0.15) is 42.7 Å². The van der Waals surface area contributed by atoms with E-state index in [-0.39, 0.29) is 11.8 Å². The van der Waals surface area contributed by atoms with Gasteiger partial charge in [0.2, 0.25) is 5.91 Å². The number of benzene rings is 2. The third kappa shape index (κ3) is 5.02. The van der Waals surface area contributed by atoms with Crippen LogP contribution in [0.2, 0.25) is 0 Å². The summed E-state index contributed by atoms with van der Waals surface area (Å²) in [5.74, 6) is 1.02. The molecular weight excluding hydrogens is 358 g/mol. The number of hydrogen-bond acceptors (Lipinski definition) is 3. The molecule has 0 saturated carbocycles. The van der Waals surface area contributed by atoms with Gasteiger partial charge in [0.05, 0.1) is 11.9 Å². The lowest BCUT2D eigenvalue weighted by Gasteiger charge is -2.27. The fraction of sp³-hybridized carbons (Fsp3) is 0.280. The molecule has 1 aliphatic rings. The summed E-state index contributed by atoms with van der Waals surface area (Å²) in [5, 5.41) is 3.02. The van der Waals surface area contributed by atoms with Gasteiger partial charge in [0, 0.05) is 25.4 Å². The van der Waals surface area contributed by atoms with Gasteiger partial charge in [-0.25, -0.2) is 4.98 Å². The summed E-state index contributed by atoms with van der Waals surface area (Å²) < 4.78 is 0. The molecule has 0 spiro atoms. The number of hydrogen-bond donors (Lipinski definition) is 1. The van der Waals surface area contributed by atoms with Gasteiger partial charge in [0.25, 0.3) is 0 Å². The van der Waals surface area contributed by atoms with Crippen molar-refractivity contribution in [2.24, 2.45) is 0 Å². The zero-order valence-corrected chi connectivity index (χ0v) is 16.6. The Morgan fingerprint density at radius 3 is 2.03 bits per heavy atom. The lowest BCUT2D eigenvalue weighted by atomic mass is 9.88. The van der Waals surface area contributed by atoms with Gasteiger partial charge in [-0.15, -0.1) is 0 Å². The number of aromatic nitrogens is 1. The Morgan fingerprint density at radius 2 is 1.48 bits per heavy atom. The number of nitrogens with one attached hydrogen (secondary N) is 1. The third-order valence-electron chi connectivity index (χ3n) is 5.51. The Balaban J connectivity index is 1.44. The van der Waals surface area contributed by atoms with Crippen LogP contribution in [0.5, 0.6) is 0 Å². The molecule has 29 heavy (non-hydrogen) atoms. The fourth-order valence-corrected chi connectivity index (χ4v) is 3.97. The number of carbonyl (C=O) groups excluding carboxylic acids is 1. The highest BCUT2D eigenvalue weighted by Crippen LogP contribution is 2.28. The monoisotopic (exact) mass is 385 g/mol. The molecular formula is C25H27N3O. The van der Waals surface area contributed by atoms with Gasteiger partial charge >= 0.3 is 0 Å². The van der Waals surface area contributed by atoms with Crippen LogP contribution >= 0.6 is 0 Å². The van der Waals surface area contributed by atoms with Gasteiger partial charge in [-0.2, -0.15) is 0 Å². The average molecular weight is 386 g/mol. The van der Waals surface area contributed by atoms with Crippen molar-refractivity contribution >= 4 is 17.4 Å². The quantitative estimate of drug-likeness (QED) is 0.632. The molecule has 1 aromatic heterocycles. The van der Waals surface area contributed by atoms with Gasteiger partial charge < -0.3 is 10.2 Å². The maximum Gasteiger partial charge on any atom is 0.225 e. The Kier molecular flexibility index (Phi) is 6.20. The van der Waals surface area contributed by atoms with Crippen LogP contribution in [0, 0.1) is 0 Å².